The van der Waals surface area contributed by atoms with E-state index in [2.05, 4.69) is 5.32 Å². The van der Waals surface area contributed by atoms with Gasteiger partial charge in [-0.15, -0.1) is 11.3 Å². The molecule has 150 valence electrons. The van der Waals surface area contributed by atoms with Crippen LogP contribution in [0.15, 0.2) is 36.4 Å². The number of carbonyl (C=O) groups excluding carboxylic acids is 2. The number of non-ortho nitro benzene ring substituents is 1. The van der Waals surface area contributed by atoms with Crippen LogP contribution in [0.2, 0.25) is 10.0 Å². The van der Waals surface area contributed by atoms with E-state index >= 15 is 0 Å². The fourth-order valence-electron chi connectivity index (χ4n) is 2.46. The SMILES string of the molecule is COc1ccc2c(Cl)c(C(=O)OCC(=O)Nc3cccc([N+](=O)[O-])c3)sc2c1Cl. The van der Waals surface area contributed by atoms with Gasteiger partial charge in [-0.1, -0.05) is 29.3 Å². The monoisotopic (exact) mass is 454 g/mol. The number of nitro benzene ring substituents is 1. The van der Waals surface area contributed by atoms with Crippen molar-refractivity contribution in [2.24, 2.45) is 0 Å². The highest BCUT2D eigenvalue weighted by Gasteiger charge is 2.22. The van der Waals surface area contributed by atoms with E-state index in [-0.39, 0.29) is 21.3 Å². The predicted octanol–water partition coefficient (Wildman–Crippen LogP) is 4.92. The van der Waals surface area contributed by atoms with E-state index in [0.29, 0.717) is 20.9 Å². The molecule has 11 heteroatoms. The molecule has 0 atom stereocenters. The van der Waals surface area contributed by atoms with Crippen molar-refractivity contribution in [2.75, 3.05) is 19.0 Å². The molecule has 0 aliphatic carbocycles. The van der Waals surface area contributed by atoms with Crippen molar-refractivity contribution in [3.05, 3.63) is 61.4 Å². The maximum atomic E-state index is 12.4. The molecule has 0 saturated carbocycles. The van der Waals surface area contributed by atoms with Gasteiger partial charge in [0.25, 0.3) is 11.6 Å². The van der Waals surface area contributed by atoms with Crippen molar-refractivity contribution in [1.29, 1.82) is 0 Å². The summed E-state index contributed by atoms with van der Waals surface area (Å²) < 4.78 is 10.7. The summed E-state index contributed by atoms with van der Waals surface area (Å²) in [4.78, 5) is 34.6. The number of esters is 1. The zero-order chi connectivity index (χ0) is 21.1. The van der Waals surface area contributed by atoms with E-state index in [1.54, 1.807) is 12.1 Å². The van der Waals surface area contributed by atoms with E-state index < -0.39 is 23.4 Å². The Morgan fingerprint density at radius 3 is 2.66 bits per heavy atom. The number of nitro groups is 1. The highest BCUT2D eigenvalue weighted by molar-refractivity contribution is 7.22. The Morgan fingerprint density at radius 1 is 1.21 bits per heavy atom. The van der Waals surface area contributed by atoms with Crippen LogP contribution < -0.4 is 10.1 Å². The number of anilines is 1. The molecule has 0 fully saturated rings. The summed E-state index contributed by atoms with van der Waals surface area (Å²) in [7, 11) is 1.47. The van der Waals surface area contributed by atoms with E-state index in [1.165, 1.54) is 31.4 Å². The summed E-state index contributed by atoms with van der Waals surface area (Å²) in [6.45, 7) is -0.594. The Hall–Kier alpha value is -2.88. The van der Waals surface area contributed by atoms with Gasteiger partial charge in [0.1, 0.15) is 15.6 Å². The van der Waals surface area contributed by atoms with Crippen LogP contribution in [0.3, 0.4) is 0 Å². The number of amides is 1. The van der Waals surface area contributed by atoms with E-state index in [9.17, 15) is 19.7 Å². The molecule has 3 aromatic rings. The molecule has 1 heterocycles. The molecular weight excluding hydrogens is 443 g/mol. The number of hydrogen-bond donors (Lipinski definition) is 1. The standard InChI is InChI=1S/C18H12Cl2N2O6S/c1-27-12-6-5-11-14(19)17(29-16(11)15(12)20)18(24)28-8-13(23)21-9-3-2-4-10(7-9)22(25)26/h2-7H,8H2,1H3,(H,21,23). The lowest BCUT2D eigenvalue weighted by atomic mass is 10.2. The van der Waals surface area contributed by atoms with Crippen LogP contribution in [-0.4, -0.2) is 30.5 Å². The molecule has 2 aromatic carbocycles. The first-order valence-corrected chi connectivity index (χ1v) is 9.55. The first kappa shape index (κ1) is 20.8. The van der Waals surface area contributed by atoms with Gasteiger partial charge in [0, 0.05) is 23.2 Å². The third-order valence-electron chi connectivity index (χ3n) is 3.78. The number of nitrogens with zero attached hydrogens (tertiary/aromatic N) is 1. The van der Waals surface area contributed by atoms with Crippen LogP contribution in [0.5, 0.6) is 5.75 Å². The number of hydrogen-bond acceptors (Lipinski definition) is 7. The van der Waals surface area contributed by atoms with Crippen LogP contribution in [-0.2, 0) is 9.53 Å². The van der Waals surface area contributed by atoms with Crippen molar-refractivity contribution < 1.29 is 24.0 Å². The summed E-state index contributed by atoms with van der Waals surface area (Å²) in [5, 5.41) is 14.2. The summed E-state index contributed by atoms with van der Waals surface area (Å²) in [6.07, 6.45) is 0. The van der Waals surface area contributed by atoms with E-state index in [0.717, 1.165) is 11.3 Å². The van der Waals surface area contributed by atoms with Crippen LogP contribution in [0, 0.1) is 10.1 Å². The number of ether oxygens (including phenoxy) is 2. The Bertz CT molecular complexity index is 1130. The molecule has 3 rings (SSSR count). The first-order chi connectivity index (χ1) is 13.8. The topological polar surface area (TPSA) is 108 Å². The molecule has 0 saturated heterocycles. The lowest BCUT2D eigenvalue weighted by Gasteiger charge is -2.06. The number of thiophene rings is 1. The normalized spacial score (nSPS) is 10.6. The van der Waals surface area contributed by atoms with E-state index in [1.807, 2.05) is 0 Å². The lowest BCUT2D eigenvalue weighted by molar-refractivity contribution is -0.384. The van der Waals surface area contributed by atoms with Gasteiger partial charge in [-0.05, 0) is 18.2 Å². The largest absolute Gasteiger partial charge is 0.495 e. The van der Waals surface area contributed by atoms with Gasteiger partial charge < -0.3 is 14.8 Å². The Kier molecular flexibility index (Phi) is 6.21. The second kappa shape index (κ2) is 8.64. The van der Waals surface area contributed by atoms with E-state index in [4.69, 9.17) is 32.7 Å². The fraction of sp³-hybridized carbons (Fsp3) is 0.111. The second-order valence-electron chi connectivity index (χ2n) is 5.64. The summed E-state index contributed by atoms with van der Waals surface area (Å²) >= 11 is 13.5. The fourth-order valence-corrected chi connectivity index (χ4v) is 4.24. The molecule has 0 bridgehead atoms. The molecular formula is C18H12Cl2N2O6S. The van der Waals surface area contributed by atoms with Gasteiger partial charge >= 0.3 is 5.97 Å². The maximum absolute atomic E-state index is 12.4. The Morgan fingerprint density at radius 2 is 1.97 bits per heavy atom. The van der Waals surface area contributed by atoms with Crippen molar-refractivity contribution in [2.45, 2.75) is 0 Å². The van der Waals surface area contributed by atoms with Gasteiger partial charge in [-0.25, -0.2) is 4.79 Å². The Balaban J connectivity index is 1.70. The number of nitrogens with one attached hydrogen (secondary N) is 1. The quantitative estimate of drug-likeness (QED) is 0.321. The Labute approximate surface area is 178 Å². The number of rotatable bonds is 6. The number of carbonyl (C=O) groups is 2. The predicted molar refractivity (Wildman–Crippen MR) is 110 cm³/mol. The zero-order valence-electron chi connectivity index (χ0n) is 14.7. The molecule has 29 heavy (non-hydrogen) atoms. The summed E-state index contributed by atoms with van der Waals surface area (Å²) in [5.74, 6) is -1.01. The van der Waals surface area contributed by atoms with Gasteiger partial charge in [0.15, 0.2) is 6.61 Å². The molecule has 1 amide bonds. The van der Waals surface area contributed by atoms with Crippen LogP contribution in [0.4, 0.5) is 11.4 Å². The smallest absolute Gasteiger partial charge is 0.350 e. The average Bonchev–Trinajstić information content (AvgIpc) is 3.04. The molecule has 0 spiro atoms. The second-order valence-corrected chi connectivity index (χ2v) is 7.41. The number of methoxy groups -OCH3 is 1. The molecule has 0 radical (unpaired) electrons. The van der Waals surface area contributed by atoms with Crippen LogP contribution in [0.1, 0.15) is 9.67 Å². The van der Waals surface area contributed by atoms with Crippen molar-refractivity contribution in [3.8, 4) is 5.75 Å². The third kappa shape index (κ3) is 4.42. The van der Waals surface area contributed by atoms with Gasteiger partial charge in [0.05, 0.1) is 21.8 Å². The first-order valence-electron chi connectivity index (χ1n) is 7.97. The summed E-state index contributed by atoms with van der Waals surface area (Å²) in [5.41, 5.74) is 0.0307. The number of halogens is 2. The minimum Gasteiger partial charge on any atom is -0.495 e. The zero-order valence-corrected chi connectivity index (χ0v) is 17.1. The van der Waals surface area contributed by atoms with Crippen molar-refractivity contribution in [3.63, 3.8) is 0 Å². The van der Waals surface area contributed by atoms with Gasteiger partial charge in [-0.2, -0.15) is 0 Å². The minimum atomic E-state index is -0.791. The maximum Gasteiger partial charge on any atom is 0.350 e. The van der Waals surface area contributed by atoms with Crippen molar-refractivity contribution >= 4 is 67.9 Å². The van der Waals surface area contributed by atoms with Crippen LogP contribution in [0.25, 0.3) is 10.1 Å². The number of benzene rings is 2. The molecule has 0 unspecified atom stereocenters. The highest BCUT2D eigenvalue weighted by atomic mass is 35.5. The molecule has 0 aliphatic rings. The highest BCUT2D eigenvalue weighted by Crippen LogP contribution is 2.43. The average molecular weight is 455 g/mol. The van der Waals surface area contributed by atoms with Gasteiger partial charge in [0.2, 0.25) is 0 Å². The molecule has 0 aliphatic heterocycles. The molecule has 1 aromatic heterocycles. The van der Waals surface area contributed by atoms with Crippen molar-refractivity contribution in [1.82, 2.24) is 0 Å². The number of fused-ring (bicyclic) bond motifs is 1. The molecule has 1 N–H and O–H groups in total. The molecule has 8 nitrogen and oxygen atoms in total. The summed E-state index contributed by atoms with van der Waals surface area (Å²) in [6, 6.07) is 8.69. The minimum absolute atomic E-state index is 0.0972. The van der Waals surface area contributed by atoms with Gasteiger partial charge in [-0.3, -0.25) is 14.9 Å². The van der Waals surface area contributed by atoms with Crippen LogP contribution >= 0.6 is 34.5 Å². The lowest BCUT2D eigenvalue weighted by Crippen LogP contribution is -2.20. The third-order valence-corrected chi connectivity index (χ3v) is 5.98.